The van der Waals surface area contributed by atoms with Crippen molar-refractivity contribution in [1.29, 1.82) is 0 Å². The van der Waals surface area contributed by atoms with Crippen LogP contribution in [0.4, 0.5) is 0 Å². The highest BCUT2D eigenvalue weighted by atomic mass is 16.5. The molecule has 1 aliphatic carbocycles. The van der Waals surface area contributed by atoms with E-state index >= 15 is 0 Å². The van der Waals surface area contributed by atoms with Crippen molar-refractivity contribution in [3.05, 3.63) is 0 Å². The lowest BCUT2D eigenvalue weighted by molar-refractivity contribution is -0.161. The zero-order chi connectivity index (χ0) is 13.2. The number of hydrogen-bond acceptors (Lipinski definition) is 2. The van der Waals surface area contributed by atoms with Crippen LogP contribution in [0, 0.1) is 11.8 Å². The Kier molecular flexibility index (Phi) is 4.71. The van der Waals surface area contributed by atoms with Crippen molar-refractivity contribution in [3.8, 4) is 0 Å². The van der Waals surface area contributed by atoms with Crippen LogP contribution in [0.5, 0.6) is 0 Å². The zero-order valence-electron chi connectivity index (χ0n) is 12.7. The summed E-state index contributed by atoms with van der Waals surface area (Å²) in [5, 5.41) is 3.81. The van der Waals surface area contributed by atoms with Gasteiger partial charge in [0, 0.05) is 12.6 Å². The smallest absolute Gasteiger partial charge is 0.0810 e. The molecule has 1 spiro atoms. The van der Waals surface area contributed by atoms with Gasteiger partial charge in [-0.05, 0) is 31.1 Å². The molecule has 106 valence electrons. The van der Waals surface area contributed by atoms with Crippen molar-refractivity contribution in [1.82, 2.24) is 5.32 Å². The summed E-state index contributed by atoms with van der Waals surface area (Å²) in [7, 11) is 0. The van der Waals surface area contributed by atoms with Crippen LogP contribution < -0.4 is 5.32 Å². The molecular formula is C16H31NO. The third-order valence-corrected chi connectivity index (χ3v) is 4.65. The number of nitrogens with one attached hydrogen (secondary N) is 1. The van der Waals surface area contributed by atoms with E-state index in [2.05, 4.69) is 33.0 Å². The third kappa shape index (κ3) is 3.27. The van der Waals surface area contributed by atoms with Crippen LogP contribution in [0.25, 0.3) is 0 Å². The van der Waals surface area contributed by atoms with Crippen LogP contribution in [0.15, 0.2) is 0 Å². The quantitative estimate of drug-likeness (QED) is 0.827. The van der Waals surface area contributed by atoms with Gasteiger partial charge in [-0.15, -0.1) is 0 Å². The van der Waals surface area contributed by atoms with Gasteiger partial charge in [0.1, 0.15) is 0 Å². The first-order valence-electron chi connectivity index (χ1n) is 7.94. The zero-order valence-corrected chi connectivity index (χ0v) is 12.7. The summed E-state index contributed by atoms with van der Waals surface area (Å²) in [6.45, 7) is 10.3. The van der Waals surface area contributed by atoms with Gasteiger partial charge in [0.15, 0.2) is 0 Å². The lowest BCUT2D eigenvalue weighted by atomic mass is 9.80. The van der Waals surface area contributed by atoms with E-state index in [4.69, 9.17) is 4.74 Å². The standard InChI is InChI=1S/C16H31NO/c1-12(2)10-14-15(13(3)4)17-11-16(18-14)8-6-5-7-9-16/h12-15,17H,5-11H2,1-4H3. The number of morpholine rings is 1. The number of rotatable bonds is 3. The maximum absolute atomic E-state index is 6.64. The van der Waals surface area contributed by atoms with Crippen molar-refractivity contribution < 1.29 is 4.74 Å². The van der Waals surface area contributed by atoms with Crippen LogP contribution in [0.3, 0.4) is 0 Å². The Morgan fingerprint density at radius 2 is 1.78 bits per heavy atom. The molecule has 2 rings (SSSR count). The molecule has 2 fully saturated rings. The molecule has 2 unspecified atom stereocenters. The summed E-state index contributed by atoms with van der Waals surface area (Å²) in [5.74, 6) is 1.38. The molecule has 2 aliphatic rings. The van der Waals surface area contributed by atoms with E-state index in [0.29, 0.717) is 18.1 Å². The van der Waals surface area contributed by atoms with Gasteiger partial charge >= 0.3 is 0 Å². The van der Waals surface area contributed by atoms with Gasteiger partial charge < -0.3 is 10.1 Å². The first-order valence-corrected chi connectivity index (χ1v) is 7.94. The lowest BCUT2D eigenvalue weighted by Gasteiger charge is -2.49. The van der Waals surface area contributed by atoms with Crippen LogP contribution in [0.1, 0.15) is 66.2 Å². The molecule has 1 N–H and O–H groups in total. The summed E-state index contributed by atoms with van der Waals surface area (Å²) in [6.07, 6.45) is 8.23. The van der Waals surface area contributed by atoms with E-state index in [9.17, 15) is 0 Å². The predicted octanol–water partition coefficient (Wildman–Crippen LogP) is 3.75. The Hall–Kier alpha value is -0.0800. The van der Waals surface area contributed by atoms with Crippen LogP contribution in [-0.2, 0) is 4.74 Å². The van der Waals surface area contributed by atoms with Crippen LogP contribution >= 0.6 is 0 Å². The maximum Gasteiger partial charge on any atom is 0.0810 e. The number of ether oxygens (including phenoxy) is 1. The second-order valence-corrected chi connectivity index (χ2v) is 7.18. The Balaban J connectivity index is 2.04. The fourth-order valence-electron chi connectivity index (χ4n) is 3.69. The lowest BCUT2D eigenvalue weighted by Crippen LogP contribution is -2.61. The highest BCUT2D eigenvalue weighted by molar-refractivity contribution is 4.96. The Morgan fingerprint density at radius 3 is 2.33 bits per heavy atom. The average Bonchev–Trinajstić information content (AvgIpc) is 2.28. The fraction of sp³-hybridized carbons (Fsp3) is 1.00. The summed E-state index contributed by atoms with van der Waals surface area (Å²) in [6, 6.07) is 0.542. The SMILES string of the molecule is CC(C)CC1OC2(CCCCC2)CNC1C(C)C. The van der Waals surface area contributed by atoms with Gasteiger partial charge in [-0.25, -0.2) is 0 Å². The van der Waals surface area contributed by atoms with Gasteiger partial charge in [0.2, 0.25) is 0 Å². The summed E-state index contributed by atoms with van der Waals surface area (Å²) < 4.78 is 6.64. The van der Waals surface area contributed by atoms with E-state index in [1.807, 2.05) is 0 Å². The third-order valence-electron chi connectivity index (χ3n) is 4.65. The second kappa shape index (κ2) is 5.92. The molecule has 2 heteroatoms. The normalized spacial score (nSPS) is 32.3. The van der Waals surface area contributed by atoms with Gasteiger partial charge in [-0.2, -0.15) is 0 Å². The van der Waals surface area contributed by atoms with Gasteiger partial charge in [-0.1, -0.05) is 47.0 Å². The molecule has 18 heavy (non-hydrogen) atoms. The van der Waals surface area contributed by atoms with Crippen LogP contribution in [-0.4, -0.2) is 24.3 Å². The highest BCUT2D eigenvalue weighted by Crippen LogP contribution is 2.37. The van der Waals surface area contributed by atoms with E-state index in [0.717, 1.165) is 12.5 Å². The predicted molar refractivity (Wildman–Crippen MR) is 76.8 cm³/mol. The van der Waals surface area contributed by atoms with E-state index in [1.54, 1.807) is 0 Å². The summed E-state index contributed by atoms with van der Waals surface area (Å²) in [5.41, 5.74) is 0.170. The second-order valence-electron chi connectivity index (χ2n) is 7.18. The molecule has 0 aromatic carbocycles. The Labute approximate surface area is 113 Å². The van der Waals surface area contributed by atoms with Gasteiger partial charge in [0.25, 0.3) is 0 Å². The first-order chi connectivity index (χ1) is 8.52. The topological polar surface area (TPSA) is 21.3 Å². The van der Waals surface area contributed by atoms with Gasteiger partial charge in [-0.3, -0.25) is 0 Å². The largest absolute Gasteiger partial charge is 0.369 e. The Bertz CT molecular complexity index is 256. The maximum atomic E-state index is 6.64. The van der Waals surface area contributed by atoms with Crippen LogP contribution in [0.2, 0.25) is 0 Å². The molecule has 0 radical (unpaired) electrons. The molecule has 0 aromatic heterocycles. The van der Waals surface area contributed by atoms with E-state index in [-0.39, 0.29) is 5.60 Å². The number of hydrogen-bond donors (Lipinski definition) is 1. The van der Waals surface area contributed by atoms with Crippen molar-refractivity contribution in [2.45, 2.75) is 84.0 Å². The minimum absolute atomic E-state index is 0.170. The molecule has 1 saturated carbocycles. The first kappa shape index (κ1) is 14.3. The molecular weight excluding hydrogens is 222 g/mol. The summed E-state index contributed by atoms with van der Waals surface area (Å²) >= 11 is 0. The monoisotopic (exact) mass is 253 g/mol. The van der Waals surface area contributed by atoms with Gasteiger partial charge in [0.05, 0.1) is 11.7 Å². The minimum Gasteiger partial charge on any atom is -0.369 e. The molecule has 2 atom stereocenters. The fourth-order valence-corrected chi connectivity index (χ4v) is 3.69. The molecule has 2 nitrogen and oxygen atoms in total. The molecule has 1 saturated heterocycles. The molecule has 0 bridgehead atoms. The Morgan fingerprint density at radius 1 is 1.11 bits per heavy atom. The molecule has 1 heterocycles. The molecule has 0 amide bonds. The van der Waals surface area contributed by atoms with E-state index in [1.165, 1.54) is 38.5 Å². The van der Waals surface area contributed by atoms with Crippen molar-refractivity contribution in [2.24, 2.45) is 11.8 Å². The molecule has 0 aromatic rings. The highest BCUT2D eigenvalue weighted by Gasteiger charge is 2.42. The van der Waals surface area contributed by atoms with Crippen molar-refractivity contribution >= 4 is 0 Å². The van der Waals surface area contributed by atoms with Crippen molar-refractivity contribution in [2.75, 3.05) is 6.54 Å². The summed E-state index contributed by atoms with van der Waals surface area (Å²) in [4.78, 5) is 0. The van der Waals surface area contributed by atoms with E-state index < -0.39 is 0 Å². The molecule has 1 aliphatic heterocycles. The average molecular weight is 253 g/mol. The minimum atomic E-state index is 0.170. The van der Waals surface area contributed by atoms with Crippen molar-refractivity contribution in [3.63, 3.8) is 0 Å².